The molecule has 3 aromatic rings. The van der Waals surface area contributed by atoms with Crippen LogP contribution in [-0.2, 0) is 6.42 Å². The van der Waals surface area contributed by atoms with Crippen molar-refractivity contribution < 1.29 is 0 Å². The smallest absolute Gasteiger partial charge is 0.130 e. The molecular weight excluding hydrogens is 322 g/mol. The average molecular weight is 344 g/mol. The van der Waals surface area contributed by atoms with Crippen molar-refractivity contribution in [2.75, 3.05) is 0 Å². The maximum Gasteiger partial charge on any atom is 0.130 e. The number of hydrogen-bond acceptors (Lipinski definition) is 2. The molecule has 3 rings (SSSR count). The molecule has 0 spiro atoms. The molecule has 2 heterocycles. The van der Waals surface area contributed by atoms with Gasteiger partial charge in [0.05, 0.1) is 10.2 Å². The number of rotatable bonds is 3. The Balaban J connectivity index is 2.23. The Morgan fingerprint density at radius 2 is 1.70 bits per heavy atom. The van der Waals surface area contributed by atoms with Crippen LogP contribution < -0.4 is 0 Å². The first kappa shape index (κ1) is 16.5. The minimum absolute atomic E-state index is 0.569. The van der Waals surface area contributed by atoms with Crippen LogP contribution in [-0.4, -0.2) is 4.98 Å². The monoisotopic (exact) mass is 343 g/mol. The molecule has 0 atom stereocenters. The van der Waals surface area contributed by atoms with Crippen LogP contribution in [0.2, 0.25) is 5.15 Å². The predicted octanol–water partition coefficient (Wildman–Crippen LogP) is 6.74. The number of hydrogen-bond donors (Lipinski definition) is 0. The van der Waals surface area contributed by atoms with Crippen molar-refractivity contribution in [3.63, 3.8) is 0 Å². The molecule has 0 aliphatic carbocycles. The lowest BCUT2D eigenvalue weighted by Crippen LogP contribution is -1.98. The SMILES string of the molecule is Cc1cc(CC(C)C)cc(C)c1-c1cc(Cl)nc2c(C)csc12. The van der Waals surface area contributed by atoms with Crippen molar-refractivity contribution in [1.29, 1.82) is 0 Å². The molecule has 120 valence electrons. The molecular formula is C20H22ClNS. The van der Waals surface area contributed by atoms with E-state index in [0.29, 0.717) is 11.1 Å². The summed E-state index contributed by atoms with van der Waals surface area (Å²) in [5.74, 6) is 0.668. The maximum atomic E-state index is 6.30. The molecule has 0 N–H and O–H groups in total. The number of halogens is 1. The van der Waals surface area contributed by atoms with Gasteiger partial charge in [-0.05, 0) is 72.4 Å². The van der Waals surface area contributed by atoms with E-state index in [2.05, 4.69) is 57.1 Å². The minimum atomic E-state index is 0.569. The number of benzene rings is 1. The second kappa shape index (κ2) is 6.26. The number of fused-ring (bicyclic) bond motifs is 1. The van der Waals surface area contributed by atoms with Crippen molar-refractivity contribution in [2.24, 2.45) is 5.92 Å². The summed E-state index contributed by atoms with van der Waals surface area (Å²) in [5.41, 5.74) is 8.78. The van der Waals surface area contributed by atoms with E-state index >= 15 is 0 Å². The van der Waals surface area contributed by atoms with E-state index in [1.165, 1.54) is 38.1 Å². The van der Waals surface area contributed by atoms with Gasteiger partial charge in [-0.3, -0.25) is 0 Å². The highest BCUT2D eigenvalue weighted by molar-refractivity contribution is 7.18. The lowest BCUT2D eigenvalue weighted by molar-refractivity contribution is 0.647. The molecule has 0 bridgehead atoms. The van der Waals surface area contributed by atoms with Gasteiger partial charge in [0.15, 0.2) is 0 Å². The van der Waals surface area contributed by atoms with E-state index in [0.717, 1.165) is 11.9 Å². The summed E-state index contributed by atoms with van der Waals surface area (Å²) >= 11 is 8.06. The Morgan fingerprint density at radius 3 is 2.30 bits per heavy atom. The van der Waals surface area contributed by atoms with Gasteiger partial charge in [-0.25, -0.2) is 4.98 Å². The predicted molar refractivity (Wildman–Crippen MR) is 103 cm³/mol. The third kappa shape index (κ3) is 3.15. The topological polar surface area (TPSA) is 12.9 Å². The highest BCUT2D eigenvalue weighted by Crippen LogP contribution is 2.39. The normalized spacial score (nSPS) is 11.6. The Labute approximate surface area is 147 Å². The van der Waals surface area contributed by atoms with Gasteiger partial charge >= 0.3 is 0 Å². The van der Waals surface area contributed by atoms with Crippen molar-refractivity contribution in [1.82, 2.24) is 4.98 Å². The summed E-state index contributed by atoms with van der Waals surface area (Å²) in [6.07, 6.45) is 1.12. The Hall–Kier alpha value is -1.38. The molecule has 0 amide bonds. The van der Waals surface area contributed by atoms with Crippen molar-refractivity contribution in [3.05, 3.63) is 51.0 Å². The van der Waals surface area contributed by atoms with Crippen LogP contribution in [0.15, 0.2) is 23.6 Å². The molecule has 23 heavy (non-hydrogen) atoms. The molecule has 0 radical (unpaired) electrons. The molecule has 0 unspecified atom stereocenters. The second-order valence-corrected chi connectivity index (χ2v) is 8.06. The largest absolute Gasteiger partial charge is 0.235 e. The van der Waals surface area contributed by atoms with Crippen molar-refractivity contribution in [3.8, 4) is 11.1 Å². The average Bonchev–Trinajstić information content (AvgIpc) is 2.79. The standard InChI is InChI=1S/C20H22ClNS/c1-11(2)6-15-7-12(3)18(13(4)8-15)16-9-17(21)22-19-14(5)10-23-20(16)19/h7-11H,6H2,1-5H3. The summed E-state index contributed by atoms with van der Waals surface area (Å²) in [4.78, 5) is 4.51. The highest BCUT2D eigenvalue weighted by Gasteiger charge is 2.15. The quantitative estimate of drug-likeness (QED) is 0.480. The van der Waals surface area contributed by atoms with Gasteiger partial charge in [-0.15, -0.1) is 11.3 Å². The summed E-state index contributed by atoms with van der Waals surface area (Å²) in [7, 11) is 0. The van der Waals surface area contributed by atoms with E-state index in [1.807, 2.05) is 6.07 Å². The molecule has 1 nitrogen and oxygen atoms in total. The zero-order chi connectivity index (χ0) is 16.7. The zero-order valence-electron chi connectivity index (χ0n) is 14.3. The zero-order valence-corrected chi connectivity index (χ0v) is 15.9. The van der Waals surface area contributed by atoms with E-state index in [1.54, 1.807) is 11.3 Å². The number of nitrogens with zero attached hydrogens (tertiary/aromatic N) is 1. The summed E-state index contributed by atoms with van der Waals surface area (Å²) in [6.45, 7) is 11.0. The fraction of sp³-hybridized carbons (Fsp3) is 0.350. The Kier molecular flexibility index (Phi) is 4.48. The van der Waals surface area contributed by atoms with Crippen LogP contribution in [0.4, 0.5) is 0 Å². The molecule has 3 heteroatoms. The lowest BCUT2D eigenvalue weighted by Gasteiger charge is -2.15. The van der Waals surface area contributed by atoms with Gasteiger partial charge in [0, 0.05) is 5.56 Å². The van der Waals surface area contributed by atoms with Crippen molar-refractivity contribution in [2.45, 2.75) is 41.0 Å². The van der Waals surface area contributed by atoms with Crippen LogP contribution >= 0.6 is 22.9 Å². The lowest BCUT2D eigenvalue weighted by atomic mass is 9.91. The third-order valence-electron chi connectivity index (χ3n) is 4.17. The number of pyridine rings is 1. The van der Waals surface area contributed by atoms with Crippen LogP contribution in [0, 0.1) is 26.7 Å². The fourth-order valence-electron chi connectivity index (χ4n) is 3.34. The van der Waals surface area contributed by atoms with Gasteiger partial charge in [0.1, 0.15) is 5.15 Å². The van der Waals surface area contributed by atoms with Crippen molar-refractivity contribution >= 4 is 33.2 Å². The van der Waals surface area contributed by atoms with Gasteiger partial charge in [0.2, 0.25) is 0 Å². The van der Waals surface area contributed by atoms with Crippen LogP contribution in [0.25, 0.3) is 21.3 Å². The third-order valence-corrected chi connectivity index (χ3v) is 5.49. The summed E-state index contributed by atoms with van der Waals surface area (Å²) < 4.78 is 1.23. The highest BCUT2D eigenvalue weighted by atomic mass is 35.5. The van der Waals surface area contributed by atoms with Gasteiger partial charge < -0.3 is 0 Å². The van der Waals surface area contributed by atoms with Gasteiger partial charge in [-0.1, -0.05) is 37.6 Å². The fourth-order valence-corrected chi connectivity index (χ4v) is 4.55. The maximum absolute atomic E-state index is 6.30. The Bertz CT molecular complexity index is 854. The summed E-state index contributed by atoms with van der Waals surface area (Å²) in [5, 5.41) is 2.73. The first-order valence-electron chi connectivity index (χ1n) is 8.01. The van der Waals surface area contributed by atoms with Crippen LogP contribution in [0.1, 0.15) is 36.1 Å². The molecule has 1 aromatic carbocycles. The molecule has 0 aliphatic rings. The number of aromatic nitrogens is 1. The van der Waals surface area contributed by atoms with Crippen LogP contribution in [0.5, 0.6) is 0 Å². The van der Waals surface area contributed by atoms with E-state index in [4.69, 9.17) is 11.6 Å². The first-order valence-corrected chi connectivity index (χ1v) is 9.27. The molecule has 0 saturated carbocycles. The molecule has 2 aromatic heterocycles. The van der Waals surface area contributed by atoms with E-state index in [-0.39, 0.29) is 0 Å². The van der Waals surface area contributed by atoms with Crippen LogP contribution in [0.3, 0.4) is 0 Å². The molecule has 0 saturated heterocycles. The summed E-state index contributed by atoms with van der Waals surface area (Å²) in [6, 6.07) is 6.66. The molecule has 0 aliphatic heterocycles. The van der Waals surface area contributed by atoms with Gasteiger partial charge in [-0.2, -0.15) is 0 Å². The Morgan fingerprint density at radius 1 is 1.04 bits per heavy atom. The van der Waals surface area contributed by atoms with Gasteiger partial charge in [0.25, 0.3) is 0 Å². The van der Waals surface area contributed by atoms with E-state index in [9.17, 15) is 0 Å². The molecule has 0 fully saturated rings. The number of thiophene rings is 1. The first-order chi connectivity index (χ1) is 10.9. The second-order valence-electron chi connectivity index (χ2n) is 6.79. The minimum Gasteiger partial charge on any atom is -0.235 e. The number of aryl methyl sites for hydroxylation is 3. The van der Waals surface area contributed by atoms with E-state index < -0.39 is 0 Å².